The van der Waals surface area contributed by atoms with Crippen LogP contribution in [0.15, 0.2) is 36.4 Å². The molecule has 106 valence electrons. The van der Waals surface area contributed by atoms with Gasteiger partial charge in [-0.05, 0) is 23.1 Å². The van der Waals surface area contributed by atoms with Gasteiger partial charge in [-0.15, -0.1) is 0 Å². The minimum atomic E-state index is -1.33. The van der Waals surface area contributed by atoms with Gasteiger partial charge in [-0.2, -0.15) is 0 Å². The van der Waals surface area contributed by atoms with E-state index in [-0.39, 0.29) is 5.56 Å². The van der Waals surface area contributed by atoms with E-state index in [1.54, 1.807) is 12.1 Å². The molecule has 0 aliphatic carbocycles. The van der Waals surface area contributed by atoms with Crippen molar-refractivity contribution < 1.29 is 18.3 Å². The number of hydrogen-bond acceptors (Lipinski definition) is 1. The highest BCUT2D eigenvalue weighted by molar-refractivity contribution is 5.34. The lowest BCUT2D eigenvalue weighted by atomic mass is 9.97. The van der Waals surface area contributed by atoms with E-state index in [4.69, 9.17) is 0 Å². The summed E-state index contributed by atoms with van der Waals surface area (Å²) >= 11 is 0. The molecule has 0 spiro atoms. The molecule has 20 heavy (non-hydrogen) atoms. The maximum absolute atomic E-state index is 13.6. The molecule has 0 saturated heterocycles. The maximum atomic E-state index is 13.6. The highest BCUT2D eigenvalue weighted by Crippen LogP contribution is 2.27. The van der Waals surface area contributed by atoms with Crippen LogP contribution in [0.2, 0.25) is 0 Å². The normalized spacial score (nSPS) is 12.8. The van der Waals surface area contributed by atoms with E-state index in [0.717, 1.165) is 5.56 Å². The summed E-state index contributed by atoms with van der Waals surface area (Å²) < 4.78 is 39.6. The molecule has 2 rings (SSSR count). The molecule has 2 aromatic carbocycles. The molecule has 0 amide bonds. The Morgan fingerprint density at radius 3 is 1.85 bits per heavy atom. The van der Waals surface area contributed by atoms with E-state index < -0.39 is 23.6 Å². The first-order chi connectivity index (χ1) is 9.40. The monoisotopic (exact) mass is 280 g/mol. The lowest BCUT2D eigenvalue weighted by molar-refractivity contribution is 0.214. The molecule has 1 nitrogen and oxygen atoms in total. The molecule has 0 fully saturated rings. The number of aliphatic hydroxyl groups excluding tert-OH is 1. The first kappa shape index (κ1) is 14.6. The summed E-state index contributed by atoms with van der Waals surface area (Å²) in [4.78, 5) is 0. The highest BCUT2D eigenvalue weighted by Gasteiger charge is 2.18. The second-order valence-electron chi connectivity index (χ2n) is 5.01. The van der Waals surface area contributed by atoms with Crippen LogP contribution in [0, 0.1) is 17.5 Å². The van der Waals surface area contributed by atoms with Crippen molar-refractivity contribution in [3.05, 3.63) is 70.5 Å². The van der Waals surface area contributed by atoms with Gasteiger partial charge < -0.3 is 5.11 Å². The van der Waals surface area contributed by atoms with E-state index in [2.05, 4.69) is 0 Å². The molecule has 4 heteroatoms. The van der Waals surface area contributed by atoms with Crippen LogP contribution in [0.1, 0.15) is 42.6 Å². The Balaban J connectivity index is 2.36. The van der Waals surface area contributed by atoms with Crippen LogP contribution >= 0.6 is 0 Å². The largest absolute Gasteiger partial charge is 0.384 e. The van der Waals surface area contributed by atoms with Gasteiger partial charge in [0.1, 0.15) is 11.9 Å². The van der Waals surface area contributed by atoms with Gasteiger partial charge in [0.15, 0.2) is 11.6 Å². The van der Waals surface area contributed by atoms with Gasteiger partial charge in [-0.1, -0.05) is 38.1 Å². The van der Waals surface area contributed by atoms with Gasteiger partial charge in [0, 0.05) is 11.6 Å². The molecule has 1 unspecified atom stereocenters. The third kappa shape index (κ3) is 2.85. The zero-order chi connectivity index (χ0) is 14.9. The van der Waals surface area contributed by atoms with Crippen molar-refractivity contribution in [3.63, 3.8) is 0 Å². The predicted molar refractivity (Wildman–Crippen MR) is 70.9 cm³/mol. The Hall–Kier alpha value is -1.81. The van der Waals surface area contributed by atoms with Crippen molar-refractivity contribution in [2.24, 2.45) is 0 Å². The lowest BCUT2D eigenvalue weighted by Crippen LogP contribution is -2.05. The predicted octanol–water partition coefficient (Wildman–Crippen LogP) is 4.31. The lowest BCUT2D eigenvalue weighted by Gasteiger charge is -2.14. The molecule has 2 aromatic rings. The average molecular weight is 280 g/mol. The second-order valence-corrected chi connectivity index (χ2v) is 5.01. The fraction of sp³-hybridized carbons (Fsp3) is 0.250. The minimum Gasteiger partial charge on any atom is -0.384 e. The summed E-state index contributed by atoms with van der Waals surface area (Å²) in [5.74, 6) is -3.08. The molecular formula is C16H15F3O. The van der Waals surface area contributed by atoms with Crippen molar-refractivity contribution in [2.75, 3.05) is 0 Å². The molecule has 1 N–H and O–H groups in total. The summed E-state index contributed by atoms with van der Waals surface area (Å²) in [6.45, 7) is 4.06. The SMILES string of the molecule is CC(C)c1ccc(C(O)c2cc(F)c(F)cc2F)cc1. The molecule has 0 aliphatic rings. The second kappa shape index (κ2) is 5.67. The minimum absolute atomic E-state index is 0.277. The first-order valence-corrected chi connectivity index (χ1v) is 6.32. The summed E-state index contributed by atoms with van der Waals surface area (Å²) in [5, 5.41) is 10.1. The molecule has 0 heterocycles. The Morgan fingerprint density at radius 2 is 1.30 bits per heavy atom. The molecule has 0 aliphatic heterocycles. The van der Waals surface area contributed by atoms with E-state index in [0.29, 0.717) is 23.6 Å². The standard InChI is InChI=1S/C16H15F3O/c1-9(2)10-3-5-11(6-4-10)16(20)12-7-14(18)15(19)8-13(12)17/h3-9,16,20H,1-2H3. The maximum Gasteiger partial charge on any atom is 0.161 e. The van der Waals surface area contributed by atoms with Crippen LogP contribution in [0.3, 0.4) is 0 Å². The van der Waals surface area contributed by atoms with Gasteiger partial charge in [0.05, 0.1) is 0 Å². The van der Waals surface area contributed by atoms with Gasteiger partial charge in [-0.25, -0.2) is 13.2 Å². The molecule has 1 atom stereocenters. The molecule has 0 bridgehead atoms. The summed E-state index contributed by atoms with van der Waals surface area (Å²) in [6.07, 6.45) is -1.33. The quantitative estimate of drug-likeness (QED) is 0.831. The van der Waals surface area contributed by atoms with Crippen molar-refractivity contribution in [1.29, 1.82) is 0 Å². The number of benzene rings is 2. The highest BCUT2D eigenvalue weighted by atomic mass is 19.2. The van der Waals surface area contributed by atoms with Crippen LogP contribution in [0.5, 0.6) is 0 Å². The average Bonchev–Trinajstić information content (AvgIpc) is 2.42. The van der Waals surface area contributed by atoms with Gasteiger partial charge in [-0.3, -0.25) is 0 Å². The van der Waals surface area contributed by atoms with E-state index in [9.17, 15) is 18.3 Å². The number of aliphatic hydroxyl groups is 1. The Morgan fingerprint density at radius 1 is 0.800 bits per heavy atom. The van der Waals surface area contributed by atoms with Crippen molar-refractivity contribution >= 4 is 0 Å². The fourth-order valence-electron chi connectivity index (χ4n) is 1.99. The molecule has 0 saturated carbocycles. The van der Waals surface area contributed by atoms with Gasteiger partial charge >= 0.3 is 0 Å². The first-order valence-electron chi connectivity index (χ1n) is 6.32. The van der Waals surface area contributed by atoms with E-state index in [1.165, 1.54) is 0 Å². The summed E-state index contributed by atoms with van der Waals surface area (Å²) in [5.41, 5.74) is 1.23. The van der Waals surface area contributed by atoms with E-state index >= 15 is 0 Å². The van der Waals surface area contributed by atoms with Crippen LogP contribution in [0.25, 0.3) is 0 Å². The molecular weight excluding hydrogens is 265 g/mol. The van der Waals surface area contributed by atoms with Crippen LogP contribution in [-0.2, 0) is 0 Å². The summed E-state index contributed by atoms with van der Waals surface area (Å²) in [7, 11) is 0. The smallest absolute Gasteiger partial charge is 0.161 e. The number of hydrogen-bond donors (Lipinski definition) is 1. The zero-order valence-electron chi connectivity index (χ0n) is 11.2. The van der Waals surface area contributed by atoms with Crippen LogP contribution in [-0.4, -0.2) is 5.11 Å². The van der Waals surface area contributed by atoms with Crippen molar-refractivity contribution in [1.82, 2.24) is 0 Å². The third-order valence-electron chi connectivity index (χ3n) is 3.25. The van der Waals surface area contributed by atoms with Crippen molar-refractivity contribution in [2.45, 2.75) is 25.9 Å². The topological polar surface area (TPSA) is 20.2 Å². The number of halogens is 3. The fourth-order valence-corrected chi connectivity index (χ4v) is 1.99. The molecule has 0 radical (unpaired) electrons. The van der Waals surface area contributed by atoms with Crippen LogP contribution < -0.4 is 0 Å². The zero-order valence-corrected chi connectivity index (χ0v) is 11.2. The van der Waals surface area contributed by atoms with Gasteiger partial charge in [0.2, 0.25) is 0 Å². The van der Waals surface area contributed by atoms with Crippen molar-refractivity contribution in [3.8, 4) is 0 Å². The Kier molecular flexibility index (Phi) is 4.14. The third-order valence-corrected chi connectivity index (χ3v) is 3.25. The Bertz CT molecular complexity index is 606. The van der Waals surface area contributed by atoms with Gasteiger partial charge in [0.25, 0.3) is 0 Å². The summed E-state index contributed by atoms with van der Waals surface area (Å²) in [6, 6.07) is 8.07. The number of rotatable bonds is 3. The Labute approximate surface area is 115 Å². The van der Waals surface area contributed by atoms with E-state index in [1.807, 2.05) is 26.0 Å². The van der Waals surface area contributed by atoms with Crippen LogP contribution in [0.4, 0.5) is 13.2 Å². The molecule has 0 aromatic heterocycles.